The number of nitrogens with zero attached hydrogens (tertiary/aromatic N) is 1. The fourth-order valence-corrected chi connectivity index (χ4v) is 3.66. The van der Waals surface area contributed by atoms with Crippen molar-refractivity contribution in [2.24, 2.45) is 10.9 Å². The van der Waals surface area contributed by atoms with Crippen LogP contribution < -0.4 is 5.32 Å². The molecular formula is C11H15ClN2S2. The van der Waals surface area contributed by atoms with Crippen molar-refractivity contribution in [1.29, 1.82) is 0 Å². The molecule has 88 valence electrons. The van der Waals surface area contributed by atoms with Crippen molar-refractivity contribution in [2.45, 2.75) is 26.4 Å². The van der Waals surface area contributed by atoms with E-state index in [0.717, 1.165) is 21.8 Å². The van der Waals surface area contributed by atoms with Gasteiger partial charge in [-0.05, 0) is 18.1 Å². The first kappa shape index (κ1) is 12.3. The summed E-state index contributed by atoms with van der Waals surface area (Å²) in [4.78, 5) is 5.78. The molecule has 1 fully saturated rings. The van der Waals surface area contributed by atoms with Gasteiger partial charge in [0.05, 0.1) is 10.9 Å². The Morgan fingerprint density at radius 3 is 2.94 bits per heavy atom. The minimum atomic E-state index is 0.565. The highest BCUT2D eigenvalue weighted by molar-refractivity contribution is 8.14. The van der Waals surface area contributed by atoms with Gasteiger partial charge in [-0.2, -0.15) is 0 Å². The Balaban J connectivity index is 1.90. The van der Waals surface area contributed by atoms with Crippen molar-refractivity contribution in [3.63, 3.8) is 0 Å². The fraction of sp³-hybridized carbons (Fsp3) is 0.545. The molecule has 5 heteroatoms. The van der Waals surface area contributed by atoms with E-state index < -0.39 is 0 Å². The molecule has 0 unspecified atom stereocenters. The molecule has 1 atom stereocenters. The number of nitrogens with one attached hydrogen (secondary N) is 1. The summed E-state index contributed by atoms with van der Waals surface area (Å²) in [5.41, 5.74) is 0. The lowest BCUT2D eigenvalue weighted by atomic mass is 10.1. The topological polar surface area (TPSA) is 24.4 Å². The average molecular weight is 275 g/mol. The molecule has 0 bridgehead atoms. The number of rotatable bonds is 3. The Labute approximate surface area is 109 Å². The molecule has 1 N–H and O–H groups in total. The Hall–Kier alpha value is -0.190. The first-order valence-electron chi connectivity index (χ1n) is 5.33. The summed E-state index contributed by atoms with van der Waals surface area (Å²) < 4.78 is 0.835. The minimum Gasteiger partial charge on any atom is -0.361 e. The van der Waals surface area contributed by atoms with Gasteiger partial charge in [-0.3, -0.25) is 4.99 Å². The van der Waals surface area contributed by atoms with E-state index in [9.17, 15) is 0 Å². The summed E-state index contributed by atoms with van der Waals surface area (Å²) in [6.45, 7) is 5.21. The number of thioether (sulfide) groups is 1. The van der Waals surface area contributed by atoms with Crippen molar-refractivity contribution < 1.29 is 0 Å². The third-order valence-corrected chi connectivity index (χ3v) is 4.78. The Bertz CT molecular complexity index is 387. The second-order valence-electron chi connectivity index (χ2n) is 4.13. The SMILES string of the molecule is CC(C)[C@H]1CSC(=NCc2ccc(Cl)s2)N1. The highest BCUT2D eigenvalue weighted by atomic mass is 35.5. The lowest BCUT2D eigenvalue weighted by molar-refractivity contribution is 0.503. The molecule has 2 heterocycles. The molecule has 1 saturated heterocycles. The Morgan fingerprint density at radius 2 is 2.38 bits per heavy atom. The van der Waals surface area contributed by atoms with Gasteiger partial charge in [-0.25, -0.2) is 0 Å². The normalized spacial score (nSPS) is 23.0. The van der Waals surface area contributed by atoms with E-state index in [2.05, 4.69) is 24.2 Å². The maximum absolute atomic E-state index is 5.87. The standard InChI is InChI=1S/C11H15ClN2S2/c1-7(2)9-6-15-11(14-9)13-5-8-3-4-10(12)16-8/h3-4,7,9H,5-6H2,1-2H3,(H,13,14)/t9-/m1/s1. The van der Waals surface area contributed by atoms with Crippen molar-refractivity contribution in [3.05, 3.63) is 21.3 Å². The van der Waals surface area contributed by atoms with E-state index in [0.29, 0.717) is 12.0 Å². The van der Waals surface area contributed by atoms with E-state index in [1.165, 1.54) is 4.88 Å². The number of amidine groups is 1. The van der Waals surface area contributed by atoms with Crippen LogP contribution in [0.4, 0.5) is 0 Å². The molecule has 16 heavy (non-hydrogen) atoms. The first-order valence-corrected chi connectivity index (χ1v) is 7.51. The highest BCUT2D eigenvalue weighted by Crippen LogP contribution is 2.23. The predicted octanol–water partition coefficient (Wildman–Crippen LogP) is 3.62. The van der Waals surface area contributed by atoms with Crippen LogP contribution in [0, 0.1) is 5.92 Å². The molecule has 0 spiro atoms. The van der Waals surface area contributed by atoms with Crippen LogP contribution in [0.25, 0.3) is 0 Å². The van der Waals surface area contributed by atoms with Crippen molar-refractivity contribution in [1.82, 2.24) is 5.32 Å². The van der Waals surface area contributed by atoms with E-state index in [1.807, 2.05) is 23.9 Å². The maximum atomic E-state index is 5.87. The predicted molar refractivity (Wildman–Crippen MR) is 74.7 cm³/mol. The molecule has 2 rings (SSSR count). The van der Waals surface area contributed by atoms with Crippen LogP contribution >= 0.6 is 34.7 Å². The Kier molecular flexibility index (Phi) is 4.16. The molecule has 1 aromatic heterocycles. The van der Waals surface area contributed by atoms with Gasteiger partial charge in [-0.1, -0.05) is 37.2 Å². The fourth-order valence-electron chi connectivity index (χ4n) is 1.45. The van der Waals surface area contributed by atoms with Gasteiger partial charge in [0.25, 0.3) is 0 Å². The van der Waals surface area contributed by atoms with Gasteiger partial charge < -0.3 is 5.32 Å². The van der Waals surface area contributed by atoms with Crippen molar-refractivity contribution in [2.75, 3.05) is 5.75 Å². The van der Waals surface area contributed by atoms with E-state index in [-0.39, 0.29) is 0 Å². The minimum absolute atomic E-state index is 0.565. The quantitative estimate of drug-likeness (QED) is 0.910. The van der Waals surface area contributed by atoms with E-state index in [1.54, 1.807) is 11.3 Å². The Morgan fingerprint density at radius 1 is 1.56 bits per heavy atom. The zero-order chi connectivity index (χ0) is 11.5. The summed E-state index contributed by atoms with van der Waals surface area (Å²) in [6, 6.07) is 4.53. The molecule has 0 saturated carbocycles. The smallest absolute Gasteiger partial charge is 0.157 e. The molecule has 1 aliphatic heterocycles. The maximum Gasteiger partial charge on any atom is 0.157 e. The lowest BCUT2D eigenvalue weighted by Crippen LogP contribution is -2.31. The molecule has 0 aliphatic carbocycles. The van der Waals surface area contributed by atoms with Crippen LogP contribution in [0.3, 0.4) is 0 Å². The molecule has 0 aromatic carbocycles. The van der Waals surface area contributed by atoms with Crippen LogP contribution in [0.2, 0.25) is 4.34 Å². The number of thiophene rings is 1. The first-order chi connectivity index (χ1) is 7.65. The molecule has 0 radical (unpaired) electrons. The van der Waals surface area contributed by atoms with Crippen LogP contribution in [0.1, 0.15) is 18.7 Å². The van der Waals surface area contributed by atoms with Crippen LogP contribution in [-0.2, 0) is 6.54 Å². The average Bonchev–Trinajstić information content (AvgIpc) is 2.83. The molecular weight excluding hydrogens is 260 g/mol. The van der Waals surface area contributed by atoms with Gasteiger partial charge >= 0.3 is 0 Å². The number of hydrogen-bond donors (Lipinski definition) is 1. The second kappa shape index (κ2) is 5.43. The third kappa shape index (κ3) is 3.15. The highest BCUT2D eigenvalue weighted by Gasteiger charge is 2.22. The van der Waals surface area contributed by atoms with Crippen molar-refractivity contribution >= 4 is 39.9 Å². The number of halogens is 1. The van der Waals surface area contributed by atoms with Crippen LogP contribution in [0.5, 0.6) is 0 Å². The molecule has 1 aliphatic rings. The van der Waals surface area contributed by atoms with Gasteiger partial charge in [0.2, 0.25) is 0 Å². The number of hydrogen-bond acceptors (Lipinski definition) is 3. The summed E-state index contributed by atoms with van der Waals surface area (Å²) in [7, 11) is 0. The van der Waals surface area contributed by atoms with Crippen molar-refractivity contribution in [3.8, 4) is 0 Å². The number of aliphatic imine (C=N–C) groups is 1. The van der Waals surface area contributed by atoms with Crippen LogP contribution in [-0.4, -0.2) is 17.0 Å². The molecule has 0 amide bonds. The lowest BCUT2D eigenvalue weighted by Gasteiger charge is -2.12. The van der Waals surface area contributed by atoms with Crippen LogP contribution in [0.15, 0.2) is 17.1 Å². The van der Waals surface area contributed by atoms with E-state index >= 15 is 0 Å². The monoisotopic (exact) mass is 274 g/mol. The summed E-state index contributed by atoms with van der Waals surface area (Å²) in [6.07, 6.45) is 0. The summed E-state index contributed by atoms with van der Waals surface area (Å²) >= 11 is 9.28. The zero-order valence-electron chi connectivity index (χ0n) is 9.37. The van der Waals surface area contributed by atoms with Gasteiger partial charge in [0, 0.05) is 16.7 Å². The van der Waals surface area contributed by atoms with Gasteiger partial charge in [0.1, 0.15) is 0 Å². The second-order valence-corrected chi connectivity index (χ2v) is 6.94. The molecule has 2 nitrogen and oxygen atoms in total. The largest absolute Gasteiger partial charge is 0.361 e. The third-order valence-electron chi connectivity index (χ3n) is 2.52. The molecule has 1 aromatic rings. The zero-order valence-corrected chi connectivity index (χ0v) is 11.8. The summed E-state index contributed by atoms with van der Waals surface area (Å²) in [5.74, 6) is 1.79. The van der Waals surface area contributed by atoms with E-state index in [4.69, 9.17) is 11.6 Å². The van der Waals surface area contributed by atoms with Gasteiger partial charge in [-0.15, -0.1) is 11.3 Å². The van der Waals surface area contributed by atoms with Gasteiger partial charge in [0.15, 0.2) is 5.17 Å². The summed E-state index contributed by atoms with van der Waals surface area (Å²) in [5, 5.41) is 4.52.